The summed E-state index contributed by atoms with van der Waals surface area (Å²) in [6, 6.07) is 14.0. The van der Waals surface area contributed by atoms with Crippen LogP contribution in [0.2, 0.25) is 0 Å². The highest BCUT2D eigenvalue weighted by molar-refractivity contribution is 7.99. The molecule has 156 valence electrons. The van der Waals surface area contributed by atoms with Gasteiger partial charge in [-0.2, -0.15) is 0 Å². The number of hydrogen-bond acceptors (Lipinski definition) is 4. The Morgan fingerprint density at radius 1 is 1.07 bits per heavy atom. The monoisotopic (exact) mass is 413 g/mol. The number of amides is 1. The van der Waals surface area contributed by atoms with Crippen LogP contribution in [0.25, 0.3) is 0 Å². The maximum absolute atomic E-state index is 13.2. The average Bonchev–Trinajstić information content (AvgIpc) is 3.25. The van der Waals surface area contributed by atoms with E-state index in [1.165, 1.54) is 31.2 Å². The quantitative estimate of drug-likeness (QED) is 0.493. The van der Waals surface area contributed by atoms with Crippen LogP contribution >= 0.6 is 11.8 Å². The van der Waals surface area contributed by atoms with Gasteiger partial charge in [0.25, 0.3) is 5.91 Å². The van der Waals surface area contributed by atoms with Crippen LogP contribution < -0.4 is 9.47 Å². The van der Waals surface area contributed by atoms with Gasteiger partial charge in [-0.1, -0.05) is 38.3 Å². The summed E-state index contributed by atoms with van der Waals surface area (Å²) in [6.45, 7) is 2.97. The highest BCUT2D eigenvalue weighted by Gasteiger charge is 2.33. The van der Waals surface area contributed by atoms with E-state index in [0.717, 1.165) is 41.3 Å². The summed E-state index contributed by atoms with van der Waals surface area (Å²) in [4.78, 5) is 15.2. The lowest BCUT2D eigenvalue weighted by Gasteiger charge is -2.26. The molecule has 4 nitrogen and oxygen atoms in total. The zero-order valence-electron chi connectivity index (χ0n) is 17.6. The number of benzene rings is 2. The molecule has 1 heterocycles. The number of nitrogens with zero attached hydrogens (tertiary/aromatic N) is 1. The molecule has 5 heteroatoms. The highest BCUT2D eigenvalue weighted by Crippen LogP contribution is 2.43. The molecule has 0 radical (unpaired) electrons. The summed E-state index contributed by atoms with van der Waals surface area (Å²) in [6.07, 6.45) is 6.11. The number of carbonyl (C=O) groups is 1. The number of carbonyl (C=O) groups excluding carboxylic acids is 1. The lowest BCUT2D eigenvalue weighted by Crippen LogP contribution is -2.30. The first kappa shape index (κ1) is 21.6. The molecule has 1 aliphatic heterocycles. The Kier molecular flexibility index (Phi) is 7.87. The maximum Gasteiger partial charge on any atom is 0.255 e. The lowest BCUT2D eigenvalue weighted by molar-refractivity contribution is 0.0759. The van der Waals surface area contributed by atoms with Gasteiger partial charge in [-0.25, -0.2) is 0 Å². The van der Waals surface area contributed by atoms with E-state index >= 15 is 0 Å². The van der Waals surface area contributed by atoms with Gasteiger partial charge in [-0.3, -0.25) is 4.79 Å². The second kappa shape index (κ2) is 10.6. The van der Waals surface area contributed by atoms with Crippen LogP contribution in [0.4, 0.5) is 0 Å². The normalized spacial score (nSPS) is 16.1. The van der Waals surface area contributed by atoms with E-state index in [4.69, 9.17) is 9.47 Å². The van der Waals surface area contributed by atoms with E-state index in [1.807, 2.05) is 35.2 Å². The molecule has 2 aromatic carbocycles. The number of hydrogen-bond donors (Lipinski definition) is 0. The van der Waals surface area contributed by atoms with Gasteiger partial charge >= 0.3 is 0 Å². The van der Waals surface area contributed by atoms with Gasteiger partial charge in [0.2, 0.25) is 0 Å². The Balaban J connectivity index is 1.72. The van der Waals surface area contributed by atoms with E-state index in [9.17, 15) is 4.79 Å². The summed E-state index contributed by atoms with van der Waals surface area (Å²) in [7, 11) is 3.30. The van der Waals surface area contributed by atoms with Crippen LogP contribution in [0, 0.1) is 0 Å². The Morgan fingerprint density at radius 2 is 1.86 bits per heavy atom. The van der Waals surface area contributed by atoms with Crippen molar-refractivity contribution in [1.29, 1.82) is 0 Å². The Labute approximate surface area is 178 Å². The molecule has 1 amide bonds. The molecule has 1 saturated heterocycles. The van der Waals surface area contributed by atoms with E-state index in [2.05, 4.69) is 19.1 Å². The minimum Gasteiger partial charge on any atom is -0.497 e. The molecule has 0 unspecified atom stereocenters. The zero-order valence-corrected chi connectivity index (χ0v) is 18.5. The summed E-state index contributed by atoms with van der Waals surface area (Å²) < 4.78 is 10.9. The third-order valence-corrected chi connectivity index (χ3v) is 6.62. The van der Waals surface area contributed by atoms with Crippen molar-refractivity contribution in [3.63, 3.8) is 0 Å². The summed E-state index contributed by atoms with van der Waals surface area (Å²) in [5, 5.41) is -0.0444. The first-order valence-corrected chi connectivity index (χ1v) is 11.5. The topological polar surface area (TPSA) is 38.8 Å². The van der Waals surface area contributed by atoms with Crippen molar-refractivity contribution in [2.24, 2.45) is 0 Å². The van der Waals surface area contributed by atoms with Crippen molar-refractivity contribution in [3.05, 3.63) is 59.2 Å². The fourth-order valence-corrected chi connectivity index (χ4v) is 4.97. The summed E-state index contributed by atoms with van der Waals surface area (Å²) in [5.41, 5.74) is 3.07. The van der Waals surface area contributed by atoms with Crippen molar-refractivity contribution >= 4 is 17.7 Å². The van der Waals surface area contributed by atoms with E-state index in [1.54, 1.807) is 26.0 Å². The molecule has 1 aliphatic rings. The number of ether oxygens (including phenoxy) is 2. The van der Waals surface area contributed by atoms with Crippen LogP contribution in [-0.2, 0) is 6.42 Å². The van der Waals surface area contributed by atoms with Crippen LogP contribution in [0.1, 0.15) is 59.5 Å². The highest BCUT2D eigenvalue weighted by atomic mass is 32.2. The van der Waals surface area contributed by atoms with Crippen LogP contribution in [0.5, 0.6) is 11.5 Å². The molecule has 1 atom stereocenters. The van der Waals surface area contributed by atoms with Crippen molar-refractivity contribution in [2.75, 3.05) is 26.5 Å². The standard InChI is InChI=1S/C24H31NO3S/c1-4-5-6-7-8-18-9-11-19(12-10-18)23(26)25-15-16-29-24(25)21-14-13-20(27-2)17-22(21)28-3/h9-14,17,24H,4-8,15-16H2,1-3H3/t24-/m1/s1. The number of thioether (sulfide) groups is 1. The van der Waals surface area contributed by atoms with Gasteiger partial charge < -0.3 is 14.4 Å². The van der Waals surface area contributed by atoms with Gasteiger partial charge in [-0.15, -0.1) is 11.8 Å². The van der Waals surface area contributed by atoms with Gasteiger partial charge in [-0.05, 0) is 42.7 Å². The Morgan fingerprint density at radius 3 is 2.55 bits per heavy atom. The molecular formula is C24H31NO3S. The molecule has 0 aromatic heterocycles. The maximum atomic E-state index is 13.2. The number of unbranched alkanes of at least 4 members (excludes halogenated alkanes) is 3. The Hall–Kier alpha value is -2.14. The number of rotatable bonds is 9. The second-order valence-electron chi connectivity index (χ2n) is 7.34. The van der Waals surface area contributed by atoms with Gasteiger partial charge in [0.05, 0.1) is 14.2 Å². The summed E-state index contributed by atoms with van der Waals surface area (Å²) >= 11 is 1.77. The van der Waals surface area contributed by atoms with Crippen LogP contribution in [0.3, 0.4) is 0 Å². The van der Waals surface area contributed by atoms with Crippen molar-refractivity contribution in [2.45, 2.75) is 44.4 Å². The number of methoxy groups -OCH3 is 2. The van der Waals surface area contributed by atoms with E-state index in [-0.39, 0.29) is 11.3 Å². The Bertz CT molecular complexity index is 806. The minimum absolute atomic E-state index is 0.0444. The van der Waals surface area contributed by atoms with Gasteiger partial charge in [0, 0.05) is 29.5 Å². The average molecular weight is 414 g/mol. The summed E-state index contributed by atoms with van der Waals surface area (Å²) in [5.74, 6) is 2.50. The third-order valence-electron chi connectivity index (χ3n) is 5.38. The fourth-order valence-electron chi connectivity index (χ4n) is 3.69. The third kappa shape index (κ3) is 5.27. The molecular weight excluding hydrogens is 382 g/mol. The largest absolute Gasteiger partial charge is 0.497 e. The van der Waals surface area contributed by atoms with Crippen LogP contribution in [-0.4, -0.2) is 37.3 Å². The van der Waals surface area contributed by atoms with Crippen molar-refractivity contribution in [1.82, 2.24) is 4.90 Å². The molecule has 2 aromatic rings. The molecule has 3 rings (SSSR count). The predicted molar refractivity (Wildman–Crippen MR) is 120 cm³/mol. The van der Waals surface area contributed by atoms with Gasteiger partial charge in [0.1, 0.15) is 16.9 Å². The molecule has 29 heavy (non-hydrogen) atoms. The molecule has 0 N–H and O–H groups in total. The van der Waals surface area contributed by atoms with E-state index in [0.29, 0.717) is 0 Å². The zero-order chi connectivity index (χ0) is 20.6. The van der Waals surface area contributed by atoms with Crippen LogP contribution in [0.15, 0.2) is 42.5 Å². The fraction of sp³-hybridized carbons (Fsp3) is 0.458. The lowest BCUT2D eigenvalue weighted by atomic mass is 10.0. The van der Waals surface area contributed by atoms with Crippen molar-refractivity contribution in [3.8, 4) is 11.5 Å². The minimum atomic E-state index is -0.0444. The van der Waals surface area contributed by atoms with Gasteiger partial charge in [0.15, 0.2) is 0 Å². The smallest absolute Gasteiger partial charge is 0.255 e. The molecule has 1 fully saturated rings. The van der Waals surface area contributed by atoms with Crippen molar-refractivity contribution < 1.29 is 14.3 Å². The molecule has 0 saturated carbocycles. The molecule has 0 aliphatic carbocycles. The molecule has 0 spiro atoms. The second-order valence-corrected chi connectivity index (χ2v) is 8.53. The SMILES string of the molecule is CCCCCCc1ccc(C(=O)N2CCS[C@@H]2c2ccc(OC)cc2OC)cc1. The molecule has 0 bridgehead atoms. The predicted octanol–water partition coefficient (Wildman–Crippen LogP) is 5.71. The van der Waals surface area contributed by atoms with E-state index < -0.39 is 0 Å². The first-order chi connectivity index (χ1) is 14.2. The first-order valence-electron chi connectivity index (χ1n) is 10.4. The number of aryl methyl sites for hydroxylation is 1.